The average Bonchev–Trinajstić information content (AvgIpc) is 3.34. The van der Waals surface area contributed by atoms with Gasteiger partial charge in [-0.25, -0.2) is 9.97 Å². The third kappa shape index (κ3) is 6.09. The SMILES string of the molecule is CCN(CC)CCCC(C)NC(=O)c1ccc2nc(-c3cc(-c4cccnc4OC)ccc3O)[nH]c2c1. The first-order valence-corrected chi connectivity index (χ1v) is 12.8. The number of rotatable bonds is 11. The summed E-state index contributed by atoms with van der Waals surface area (Å²) in [5.41, 5.74) is 4.20. The van der Waals surface area contributed by atoms with Crippen LogP contribution in [0.5, 0.6) is 11.6 Å². The van der Waals surface area contributed by atoms with Crippen molar-refractivity contribution in [2.45, 2.75) is 39.7 Å². The van der Waals surface area contributed by atoms with Gasteiger partial charge in [-0.05, 0) is 87.4 Å². The number of nitrogens with one attached hydrogen (secondary N) is 2. The minimum atomic E-state index is -0.109. The highest BCUT2D eigenvalue weighted by Gasteiger charge is 2.16. The second kappa shape index (κ2) is 11.9. The zero-order valence-corrected chi connectivity index (χ0v) is 21.9. The van der Waals surface area contributed by atoms with E-state index < -0.39 is 0 Å². The number of aromatic amines is 1. The number of nitrogens with zero attached hydrogens (tertiary/aromatic N) is 3. The molecule has 0 saturated carbocycles. The second-order valence-corrected chi connectivity index (χ2v) is 9.15. The van der Waals surface area contributed by atoms with Crippen LogP contribution in [0.3, 0.4) is 0 Å². The van der Waals surface area contributed by atoms with E-state index in [0.29, 0.717) is 28.3 Å². The lowest BCUT2D eigenvalue weighted by Gasteiger charge is -2.19. The number of hydrogen-bond acceptors (Lipinski definition) is 6. The average molecular weight is 502 g/mol. The Morgan fingerprint density at radius 1 is 1.14 bits per heavy atom. The minimum Gasteiger partial charge on any atom is -0.507 e. The van der Waals surface area contributed by atoms with Crippen LogP contribution < -0.4 is 10.1 Å². The van der Waals surface area contributed by atoms with Gasteiger partial charge in [0.1, 0.15) is 11.6 Å². The molecule has 0 radical (unpaired) electrons. The number of H-pyrrole nitrogens is 1. The lowest BCUT2D eigenvalue weighted by atomic mass is 10.0. The molecule has 0 saturated heterocycles. The number of aromatic nitrogens is 3. The van der Waals surface area contributed by atoms with Crippen LogP contribution in [0.2, 0.25) is 0 Å². The molecule has 2 aromatic carbocycles. The molecule has 4 rings (SSSR count). The van der Waals surface area contributed by atoms with Crippen LogP contribution in [0.25, 0.3) is 33.5 Å². The Labute approximate surface area is 217 Å². The van der Waals surface area contributed by atoms with Gasteiger partial charge in [-0.1, -0.05) is 19.9 Å². The molecular weight excluding hydrogens is 466 g/mol. The normalized spacial score (nSPS) is 12.1. The van der Waals surface area contributed by atoms with E-state index in [2.05, 4.69) is 39.0 Å². The van der Waals surface area contributed by atoms with E-state index >= 15 is 0 Å². The molecule has 37 heavy (non-hydrogen) atoms. The van der Waals surface area contributed by atoms with Crippen molar-refractivity contribution < 1.29 is 14.6 Å². The summed E-state index contributed by atoms with van der Waals surface area (Å²) in [6.07, 6.45) is 3.64. The lowest BCUT2D eigenvalue weighted by Crippen LogP contribution is -2.33. The number of phenols is 1. The van der Waals surface area contributed by atoms with Crippen LogP contribution in [0.15, 0.2) is 54.7 Å². The minimum absolute atomic E-state index is 0.0836. The van der Waals surface area contributed by atoms with Gasteiger partial charge in [0.15, 0.2) is 0 Å². The van der Waals surface area contributed by atoms with Crippen LogP contribution in [0, 0.1) is 0 Å². The molecule has 0 bridgehead atoms. The Kier molecular flexibility index (Phi) is 8.40. The van der Waals surface area contributed by atoms with E-state index in [0.717, 1.165) is 49.1 Å². The lowest BCUT2D eigenvalue weighted by molar-refractivity contribution is 0.0937. The largest absolute Gasteiger partial charge is 0.507 e. The number of amides is 1. The fourth-order valence-electron chi connectivity index (χ4n) is 4.49. The predicted molar refractivity (Wildman–Crippen MR) is 147 cm³/mol. The molecule has 3 N–H and O–H groups in total. The number of ether oxygens (including phenoxy) is 1. The molecule has 8 heteroatoms. The monoisotopic (exact) mass is 501 g/mol. The number of aromatic hydroxyl groups is 1. The van der Waals surface area contributed by atoms with Gasteiger partial charge in [0.25, 0.3) is 5.91 Å². The molecule has 1 amide bonds. The van der Waals surface area contributed by atoms with E-state index in [4.69, 9.17) is 4.74 Å². The van der Waals surface area contributed by atoms with E-state index in [1.807, 2.05) is 37.3 Å². The number of carbonyl (C=O) groups excluding carboxylic acids is 1. The molecule has 2 heterocycles. The van der Waals surface area contributed by atoms with Gasteiger partial charge in [0.2, 0.25) is 5.88 Å². The van der Waals surface area contributed by atoms with Crippen molar-refractivity contribution in [2.24, 2.45) is 0 Å². The maximum Gasteiger partial charge on any atom is 0.251 e. The van der Waals surface area contributed by atoms with Gasteiger partial charge >= 0.3 is 0 Å². The summed E-state index contributed by atoms with van der Waals surface area (Å²) in [4.78, 5) is 27.5. The van der Waals surface area contributed by atoms with Crippen molar-refractivity contribution in [3.8, 4) is 34.1 Å². The standard InChI is InChI=1S/C29H35N5O3/c1-5-34(6-2)16-8-9-19(3)31-28(36)21-11-13-24-25(18-21)33-27(32-24)23-17-20(12-14-26(23)35)22-10-7-15-30-29(22)37-4/h7,10-15,17-19,35H,5-6,8-9,16H2,1-4H3,(H,31,36)(H,32,33). The summed E-state index contributed by atoms with van der Waals surface area (Å²) in [5, 5.41) is 13.7. The van der Waals surface area contributed by atoms with Gasteiger partial charge < -0.3 is 25.0 Å². The van der Waals surface area contributed by atoms with Crippen molar-refractivity contribution in [3.63, 3.8) is 0 Å². The number of pyridine rings is 1. The smallest absolute Gasteiger partial charge is 0.251 e. The fraction of sp³-hybridized carbons (Fsp3) is 0.345. The van der Waals surface area contributed by atoms with Crippen molar-refractivity contribution in [2.75, 3.05) is 26.7 Å². The maximum atomic E-state index is 12.9. The molecule has 0 aliphatic carbocycles. The molecule has 4 aromatic rings. The maximum absolute atomic E-state index is 12.9. The molecule has 0 aliphatic rings. The zero-order valence-electron chi connectivity index (χ0n) is 21.9. The third-order valence-electron chi connectivity index (χ3n) is 6.65. The highest BCUT2D eigenvalue weighted by molar-refractivity contribution is 5.98. The molecule has 0 fully saturated rings. The molecule has 2 aromatic heterocycles. The van der Waals surface area contributed by atoms with Crippen molar-refractivity contribution in [1.82, 2.24) is 25.2 Å². The summed E-state index contributed by atoms with van der Waals surface area (Å²) in [7, 11) is 1.58. The van der Waals surface area contributed by atoms with Gasteiger partial charge in [-0.15, -0.1) is 0 Å². The quantitative estimate of drug-likeness (QED) is 0.259. The number of benzene rings is 2. The summed E-state index contributed by atoms with van der Waals surface area (Å²) >= 11 is 0. The molecule has 194 valence electrons. The number of phenolic OH excluding ortho intramolecular Hbond substituents is 1. The first-order chi connectivity index (χ1) is 17.9. The molecule has 0 aliphatic heterocycles. The van der Waals surface area contributed by atoms with Gasteiger partial charge in [-0.2, -0.15) is 0 Å². The van der Waals surface area contributed by atoms with E-state index in [1.54, 1.807) is 31.5 Å². The molecule has 0 spiro atoms. The topological polar surface area (TPSA) is 103 Å². The number of carbonyl (C=O) groups is 1. The number of methoxy groups -OCH3 is 1. The predicted octanol–water partition coefficient (Wildman–Crippen LogP) is 5.25. The highest BCUT2D eigenvalue weighted by Crippen LogP contribution is 2.35. The Balaban J connectivity index is 1.51. The molecular formula is C29H35N5O3. The summed E-state index contributed by atoms with van der Waals surface area (Å²) in [6, 6.07) is 14.5. The molecule has 1 atom stereocenters. The first-order valence-electron chi connectivity index (χ1n) is 12.8. The fourth-order valence-corrected chi connectivity index (χ4v) is 4.49. The third-order valence-corrected chi connectivity index (χ3v) is 6.65. The van der Waals surface area contributed by atoms with Crippen LogP contribution in [0.4, 0.5) is 0 Å². The highest BCUT2D eigenvalue weighted by atomic mass is 16.5. The zero-order chi connectivity index (χ0) is 26.4. The van der Waals surface area contributed by atoms with Crippen molar-refractivity contribution in [1.29, 1.82) is 0 Å². The summed E-state index contributed by atoms with van der Waals surface area (Å²) in [6.45, 7) is 9.51. The number of hydrogen-bond donors (Lipinski definition) is 3. The van der Waals surface area contributed by atoms with Crippen LogP contribution in [-0.2, 0) is 0 Å². The van der Waals surface area contributed by atoms with Gasteiger partial charge in [0.05, 0.1) is 23.7 Å². The van der Waals surface area contributed by atoms with Crippen LogP contribution >= 0.6 is 0 Å². The Bertz CT molecular complexity index is 1360. The Hall–Kier alpha value is -3.91. The van der Waals surface area contributed by atoms with Crippen LogP contribution in [0.1, 0.15) is 44.0 Å². The first kappa shape index (κ1) is 26.2. The number of fused-ring (bicyclic) bond motifs is 1. The summed E-state index contributed by atoms with van der Waals surface area (Å²) < 4.78 is 5.39. The van der Waals surface area contributed by atoms with Crippen LogP contribution in [-0.4, -0.2) is 63.7 Å². The van der Waals surface area contributed by atoms with Crippen molar-refractivity contribution in [3.05, 3.63) is 60.3 Å². The van der Waals surface area contributed by atoms with Gasteiger partial charge in [0, 0.05) is 23.4 Å². The molecule has 1 unspecified atom stereocenters. The van der Waals surface area contributed by atoms with E-state index in [-0.39, 0.29) is 17.7 Å². The van der Waals surface area contributed by atoms with Crippen molar-refractivity contribution >= 4 is 16.9 Å². The second-order valence-electron chi connectivity index (χ2n) is 9.15. The number of imidazole rings is 1. The summed E-state index contributed by atoms with van der Waals surface area (Å²) in [5.74, 6) is 1.00. The Morgan fingerprint density at radius 3 is 2.70 bits per heavy atom. The van der Waals surface area contributed by atoms with E-state index in [1.165, 1.54) is 0 Å². The molecule has 8 nitrogen and oxygen atoms in total. The van der Waals surface area contributed by atoms with E-state index in [9.17, 15) is 9.90 Å². The Morgan fingerprint density at radius 2 is 1.95 bits per heavy atom. The van der Waals surface area contributed by atoms with Gasteiger partial charge in [-0.3, -0.25) is 4.79 Å².